The number of hydrogen-bond acceptors (Lipinski definition) is 6. The fourth-order valence-corrected chi connectivity index (χ4v) is 4.78. The lowest BCUT2D eigenvalue weighted by molar-refractivity contribution is 0.0953. The molecule has 0 spiro atoms. The second kappa shape index (κ2) is 6.64. The van der Waals surface area contributed by atoms with Crippen molar-refractivity contribution < 1.29 is 17.6 Å². The molecule has 0 unspecified atom stereocenters. The zero-order valence-corrected chi connectivity index (χ0v) is 15.3. The third kappa shape index (κ3) is 3.62. The van der Waals surface area contributed by atoms with Crippen molar-refractivity contribution in [3.63, 3.8) is 0 Å². The molecule has 8 nitrogen and oxygen atoms in total. The highest BCUT2D eigenvalue weighted by molar-refractivity contribution is 7.91. The molecule has 1 aliphatic heterocycles. The van der Waals surface area contributed by atoms with Crippen LogP contribution in [-0.2, 0) is 9.84 Å². The summed E-state index contributed by atoms with van der Waals surface area (Å²) >= 11 is 6.33. The van der Waals surface area contributed by atoms with Crippen molar-refractivity contribution in [1.29, 1.82) is 0 Å². The van der Waals surface area contributed by atoms with Crippen molar-refractivity contribution in [3.8, 4) is 0 Å². The molecule has 1 amide bonds. The molecule has 2 aromatic heterocycles. The number of hydrazone groups is 1. The molecule has 3 rings (SSSR count). The van der Waals surface area contributed by atoms with Gasteiger partial charge in [-0.05, 0) is 26.3 Å². The number of nitrogens with zero attached hydrogens (tertiary/aromatic N) is 3. The molecule has 10 heteroatoms. The van der Waals surface area contributed by atoms with Crippen molar-refractivity contribution in [2.24, 2.45) is 5.10 Å². The Hall–Kier alpha value is -2.13. The lowest BCUT2D eigenvalue weighted by Gasteiger charge is -2.09. The Balaban J connectivity index is 1.75. The van der Waals surface area contributed by atoms with E-state index in [1.807, 2.05) is 0 Å². The number of carbonyl (C=O) groups is 1. The minimum atomic E-state index is -3.04. The van der Waals surface area contributed by atoms with Gasteiger partial charge in [0.25, 0.3) is 5.91 Å². The number of rotatable bonds is 4. The SMILES string of the molecule is Cc1nn([C@H]2CCS(=O)(=O)C2)c(Cl)c1/C=N\NC(=O)c1ccoc1C. The van der Waals surface area contributed by atoms with Gasteiger partial charge in [0.2, 0.25) is 0 Å². The van der Waals surface area contributed by atoms with Gasteiger partial charge in [-0.1, -0.05) is 11.6 Å². The van der Waals surface area contributed by atoms with Crippen LogP contribution >= 0.6 is 11.6 Å². The van der Waals surface area contributed by atoms with Crippen LogP contribution in [0.15, 0.2) is 21.8 Å². The molecule has 1 aliphatic rings. The molecule has 2 aromatic rings. The number of nitrogens with one attached hydrogen (secondary N) is 1. The van der Waals surface area contributed by atoms with E-state index < -0.39 is 15.7 Å². The topological polar surface area (TPSA) is 107 Å². The maximum Gasteiger partial charge on any atom is 0.274 e. The summed E-state index contributed by atoms with van der Waals surface area (Å²) in [5, 5.41) is 8.53. The Morgan fingerprint density at radius 1 is 1.52 bits per heavy atom. The molecule has 1 atom stereocenters. The Kier molecular flexibility index (Phi) is 4.70. The molecule has 1 saturated heterocycles. The lowest BCUT2D eigenvalue weighted by Crippen LogP contribution is -2.17. The van der Waals surface area contributed by atoms with E-state index in [1.165, 1.54) is 17.2 Å². The first-order chi connectivity index (χ1) is 11.8. The summed E-state index contributed by atoms with van der Waals surface area (Å²) in [5.74, 6) is 0.264. The first kappa shape index (κ1) is 17.7. The number of carbonyl (C=O) groups excluding carboxylic acids is 1. The fraction of sp³-hybridized carbons (Fsp3) is 0.400. The molecule has 0 bridgehead atoms. The molecule has 0 radical (unpaired) electrons. The molecular formula is C15H17ClN4O4S. The van der Waals surface area contributed by atoms with E-state index in [-0.39, 0.29) is 17.5 Å². The molecule has 3 heterocycles. The first-order valence-corrected chi connectivity index (χ1v) is 9.81. The second-order valence-corrected chi connectivity index (χ2v) is 8.47. The van der Waals surface area contributed by atoms with Crippen molar-refractivity contribution >= 4 is 33.6 Å². The Morgan fingerprint density at radius 3 is 2.88 bits per heavy atom. The highest BCUT2D eigenvalue weighted by Crippen LogP contribution is 2.29. The molecular weight excluding hydrogens is 368 g/mol. The molecule has 0 saturated carbocycles. The summed E-state index contributed by atoms with van der Waals surface area (Å²) in [4.78, 5) is 12.0. The number of aryl methyl sites for hydroxylation is 2. The van der Waals surface area contributed by atoms with Crippen molar-refractivity contribution in [3.05, 3.63) is 40.1 Å². The van der Waals surface area contributed by atoms with Crippen molar-refractivity contribution in [1.82, 2.24) is 15.2 Å². The molecule has 0 aromatic carbocycles. The summed E-state index contributed by atoms with van der Waals surface area (Å²) in [6.07, 6.45) is 3.31. The van der Waals surface area contributed by atoms with Crippen molar-refractivity contribution in [2.45, 2.75) is 26.3 Å². The third-order valence-electron chi connectivity index (χ3n) is 4.09. The summed E-state index contributed by atoms with van der Waals surface area (Å²) in [6.45, 7) is 3.43. The van der Waals surface area contributed by atoms with Gasteiger partial charge in [0.15, 0.2) is 9.84 Å². The number of amides is 1. The van der Waals surface area contributed by atoms with E-state index in [9.17, 15) is 13.2 Å². The third-order valence-corrected chi connectivity index (χ3v) is 6.22. The van der Waals surface area contributed by atoms with Gasteiger partial charge in [-0.15, -0.1) is 0 Å². The van der Waals surface area contributed by atoms with Gasteiger partial charge in [-0.25, -0.2) is 18.5 Å². The number of hydrogen-bond donors (Lipinski definition) is 1. The fourth-order valence-electron chi connectivity index (χ4n) is 2.73. The Labute approximate surface area is 149 Å². The molecule has 134 valence electrons. The predicted molar refractivity (Wildman–Crippen MR) is 92.8 cm³/mol. The van der Waals surface area contributed by atoms with Gasteiger partial charge in [-0.2, -0.15) is 10.2 Å². The summed E-state index contributed by atoms with van der Waals surface area (Å²) in [6, 6.07) is 1.28. The molecule has 25 heavy (non-hydrogen) atoms. The maximum atomic E-state index is 12.0. The summed E-state index contributed by atoms with van der Waals surface area (Å²) < 4.78 is 29.9. The minimum Gasteiger partial charge on any atom is -0.469 e. The van der Waals surface area contributed by atoms with E-state index in [2.05, 4.69) is 15.6 Å². The van der Waals surface area contributed by atoms with Gasteiger partial charge < -0.3 is 4.42 Å². The number of sulfone groups is 1. The first-order valence-electron chi connectivity index (χ1n) is 7.61. The van der Waals surface area contributed by atoms with E-state index >= 15 is 0 Å². The van der Waals surface area contributed by atoms with Crippen LogP contribution in [-0.4, -0.2) is 41.8 Å². The van der Waals surface area contributed by atoms with Crippen LogP contribution < -0.4 is 5.43 Å². The number of aromatic nitrogens is 2. The van der Waals surface area contributed by atoms with Gasteiger partial charge in [-0.3, -0.25) is 4.79 Å². The quantitative estimate of drug-likeness (QED) is 0.639. The highest BCUT2D eigenvalue weighted by Gasteiger charge is 2.31. The number of furan rings is 1. The van der Waals surface area contributed by atoms with Crippen LogP contribution in [0.4, 0.5) is 0 Å². The normalized spacial score (nSPS) is 19.6. The van der Waals surface area contributed by atoms with E-state index in [0.717, 1.165) is 0 Å². The average molecular weight is 385 g/mol. The van der Waals surface area contributed by atoms with Crippen molar-refractivity contribution in [2.75, 3.05) is 11.5 Å². The Morgan fingerprint density at radius 2 is 2.28 bits per heavy atom. The zero-order valence-electron chi connectivity index (χ0n) is 13.7. The van der Waals surface area contributed by atoms with Gasteiger partial charge in [0, 0.05) is 0 Å². The van der Waals surface area contributed by atoms with E-state index in [1.54, 1.807) is 19.9 Å². The highest BCUT2D eigenvalue weighted by atomic mass is 35.5. The molecule has 1 fully saturated rings. The summed E-state index contributed by atoms with van der Waals surface area (Å²) in [7, 11) is -3.04. The van der Waals surface area contributed by atoms with Gasteiger partial charge >= 0.3 is 0 Å². The molecule has 1 N–H and O–H groups in total. The maximum absolute atomic E-state index is 12.0. The zero-order chi connectivity index (χ0) is 18.2. The monoisotopic (exact) mass is 384 g/mol. The van der Waals surface area contributed by atoms with Crippen LogP contribution in [0.5, 0.6) is 0 Å². The van der Waals surface area contributed by atoms with E-state index in [0.29, 0.717) is 34.2 Å². The van der Waals surface area contributed by atoms with Crippen LogP contribution in [0, 0.1) is 13.8 Å². The van der Waals surface area contributed by atoms with Crippen LogP contribution in [0.1, 0.15) is 39.8 Å². The lowest BCUT2D eigenvalue weighted by atomic mass is 10.2. The van der Waals surface area contributed by atoms with Crippen LogP contribution in [0.3, 0.4) is 0 Å². The number of halogens is 1. The smallest absolute Gasteiger partial charge is 0.274 e. The molecule has 0 aliphatic carbocycles. The van der Waals surface area contributed by atoms with E-state index in [4.69, 9.17) is 16.0 Å². The van der Waals surface area contributed by atoms with Gasteiger partial charge in [0.1, 0.15) is 10.9 Å². The minimum absolute atomic E-state index is 0.0287. The van der Waals surface area contributed by atoms with Gasteiger partial charge in [0.05, 0.1) is 46.8 Å². The second-order valence-electron chi connectivity index (χ2n) is 5.88. The largest absolute Gasteiger partial charge is 0.469 e. The Bertz CT molecular complexity index is 945. The van der Waals surface area contributed by atoms with Crippen LogP contribution in [0.2, 0.25) is 5.15 Å². The van der Waals surface area contributed by atoms with Crippen LogP contribution in [0.25, 0.3) is 0 Å². The average Bonchev–Trinajstić information content (AvgIpc) is 3.20. The standard InChI is InChI=1S/C15H17ClN4O4S/c1-9-13(7-17-18-15(21)12-3-5-24-10(12)2)14(16)20(19-9)11-4-6-25(22,23)8-11/h3,5,7,11H,4,6,8H2,1-2H3,(H,18,21)/b17-7-/t11-/m0/s1. The predicted octanol–water partition coefficient (Wildman–Crippen LogP) is 1.87. The summed E-state index contributed by atoms with van der Waals surface area (Å²) in [5.41, 5.74) is 3.94.